The fourth-order valence-corrected chi connectivity index (χ4v) is 1.21. The van der Waals surface area contributed by atoms with E-state index in [-0.39, 0.29) is 5.56 Å². The molecule has 7 heteroatoms. The monoisotopic (exact) mass is 280 g/mol. The summed E-state index contributed by atoms with van der Waals surface area (Å²) in [5.74, 6) is -8.58. The van der Waals surface area contributed by atoms with E-state index >= 15 is 0 Å². The molecular weight excluding hydrogens is 276 g/mol. The Bertz CT molecular complexity index is 602. The van der Waals surface area contributed by atoms with Gasteiger partial charge in [0.05, 0.1) is 0 Å². The molecule has 1 aromatic carbocycles. The summed E-state index contributed by atoms with van der Waals surface area (Å²) >= 11 is 4.71. The lowest BCUT2D eigenvalue weighted by Crippen LogP contribution is -2.36. The lowest BCUT2D eigenvalue weighted by atomic mass is 10.0. The summed E-state index contributed by atoms with van der Waals surface area (Å²) in [4.78, 5) is 66.5. The number of hydrogen-bond acceptors (Lipinski definition) is 6. The van der Waals surface area contributed by atoms with Crippen molar-refractivity contribution in [1.29, 1.82) is 0 Å². The maximum absolute atomic E-state index is 11.5. The molecule has 0 aliphatic rings. The highest BCUT2D eigenvalue weighted by atomic mass is 35.5. The molecule has 96 valence electrons. The van der Waals surface area contributed by atoms with Crippen LogP contribution < -0.4 is 0 Å². The van der Waals surface area contributed by atoms with E-state index in [9.17, 15) is 28.8 Å². The van der Waals surface area contributed by atoms with Gasteiger partial charge in [-0.25, -0.2) is 0 Å². The van der Waals surface area contributed by atoms with Crippen molar-refractivity contribution in [3.05, 3.63) is 35.9 Å². The Kier molecular flexibility index (Phi) is 4.55. The highest BCUT2D eigenvalue weighted by molar-refractivity contribution is 7.00. The smallest absolute Gasteiger partial charge is 0.285 e. The number of carbonyl (C=O) groups excluding carboxylic acids is 6. The number of carbonyl (C=O) groups is 6. The van der Waals surface area contributed by atoms with Gasteiger partial charge in [0.25, 0.3) is 28.4 Å². The predicted octanol–water partition coefficient (Wildman–Crippen LogP) is -0.0889. The Labute approximate surface area is 111 Å². The van der Waals surface area contributed by atoms with Gasteiger partial charge in [-0.15, -0.1) is 0 Å². The summed E-state index contributed by atoms with van der Waals surface area (Å²) in [5.41, 5.74) is -0.113. The van der Waals surface area contributed by atoms with Crippen LogP contribution in [-0.2, 0) is 24.0 Å². The van der Waals surface area contributed by atoms with Crippen molar-refractivity contribution in [3.63, 3.8) is 0 Å². The van der Waals surface area contributed by atoms with Gasteiger partial charge in [0.15, 0.2) is 0 Å². The van der Waals surface area contributed by atoms with E-state index in [1.165, 1.54) is 24.3 Å². The van der Waals surface area contributed by atoms with Gasteiger partial charge in [0, 0.05) is 5.56 Å². The summed E-state index contributed by atoms with van der Waals surface area (Å²) in [6.45, 7) is 0. The highest BCUT2D eigenvalue weighted by Gasteiger charge is 2.35. The van der Waals surface area contributed by atoms with E-state index < -0.39 is 34.2 Å². The van der Waals surface area contributed by atoms with Crippen molar-refractivity contribution in [1.82, 2.24) is 0 Å². The van der Waals surface area contributed by atoms with Crippen LogP contribution in [0.1, 0.15) is 10.4 Å². The third-order valence-corrected chi connectivity index (χ3v) is 2.21. The molecule has 0 amide bonds. The third-order valence-electron chi connectivity index (χ3n) is 2.04. The van der Waals surface area contributed by atoms with E-state index in [1.54, 1.807) is 6.07 Å². The van der Waals surface area contributed by atoms with Crippen molar-refractivity contribution >= 4 is 45.8 Å². The summed E-state index contributed by atoms with van der Waals surface area (Å²) in [6, 6.07) is 6.98. The van der Waals surface area contributed by atoms with Crippen molar-refractivity contribution in [2.24, 2.45) is 0 Å². The molecule has 0 aromatic heterocycles. The molecule has 1 rings (SSSR count). The zero-order chi connectivity index (χ0) is 14.6. The van der Waals surface area contributed by atoms with E-state index in [4.69, 9.17) is 11.6 Å². The topological polar surface area (TPSA) is 102 Å². The molecule has 6 nitrogen and oxygen atoms in total. The van der Waals surface area contributed by atoms with E-state index in [0.29, 0.717) is 0 Å². The Hall–Kier alpha value is -2.47. The first-order chi connectivity index (χ1) is 8.86. The largest absolute Gasteiger partial charge is 0.296 e. The van der Waals surface area contributed by atoms with Crippen LogP contribution in [0.2, 0.25) is 0 Å². The fraction of sp³-hybridized carbons (Fsp3) is 0. The highest BCUT2D eigenvalue weighted by Crippen LogP contribution is 2.02. The van der Waals surface area contributed by atoms with Gasteiger partial charge in [0.1, 0.15) is 0 Å². The number of rotatable bonds is 6. The molecule has 0 bridgehead atoms. The molecule has 0 aliphatic heterocycles. The fourth-order valence-electron chi connectivity index (χ4n) is 1.12. The minimum Gasteiger partial charge on any atom is -0.285 e. The molecule has 0 aliphatic carbocycles. The Morgan fingerprint density at radius 2 is 1.16 bits per heavy atom. The minimum absolute atomic E-state index is 0.113. The van der Waals surface area contributed by atoms with Crippen molar-refractivity contribution in [3.8, 4) is 0 Å². The first-order valence-electron chi connectivity index (χ1n) is 4.82. The molecule has 19 heavy (non-hydrogen) atoms. The molecule has 0 atom stereocenters. The normalized spacial score (nSPS) is 9.53. The maximum Gasteiger partial charge on any atom is 0.296 e. The van der Waals surface area contributed by atoms with Gasteiger partial charge >= 0.3 is 0 Å². The number of benzene rings is 1. The van der Waals surface area contributed by atoms with Crippen LogP contribution >= 0.6 is 11.6 Å². The van der Waals surface area contributed by atoms with Gasteiger partial charge in [-0.1, -0.05) is 30.3 Å². The SMILES string of the molecule is O=C(Cl)C(=O)C(=O)C(=O)C(=O)C(=O)c1ccccc1. The molecule has 0 spiro atoms. The second kappa shape index (κ2) is 5.92. The van der Waals surface area contributed by atoms with E-state index in [2.05, 4.69) is 0 Å². The van der Waals surface area contributed by atoms with Gasteiger partial charge in [0.2, 0.25) is 5.78 Å². The lowest BCUT2D eigenvalue weighted by Gasteiger charge is -1.97. The summed E-state index contributed by atoms with van der Waals surface area (Å²) in [6.07, 6.45) is 0. The van der Waals surface area contributed by atoms with Gasteiger partial charge in [-0.3, -0.25) is 28.8 Å². The maximum atomic E-state index is 11.5. The van der Waals surface area contributed by atoms with Crippen molar-refractivity contribution < 1.29 is 28.8 Å². The number of halogens is 1. The molecular formula is C12H5ClO6. The van der Waals surface area contributed by atoms with Crippen LogP contribution in [0.5, 0.6) is 0 Å². The lowest BCUT2D eigenvalue weighted by molar-refractivity contribution is -0.148. The molecule has 0 fully saturated rings. The van der Waals surface area contributed by atoms with Crippen molar-refractivity contribution in [2.75, 3.05) is 0 Å². The van der Waals surface area contributed by atoms with Crippen LogP contribution in [0.15, 0.2) is 30.3 Å². The second-order valence-electron chi connectivity index (χ2n) is 3.29. The second-order valence-corrected chi connectivity index (χ2v) is 3.63. The van der Waals surface area contributed by atoms with Crippen LogP contribution in [0.25, 0.3) is 0 Å². The molecule has 0 heterocycles. The quantitative estimate of drug-likeness (QED) is 0.312. The van der Waals surface area contributed by atoms with E-state index in [1.807, 2.05) is 0 Å². The molecule has 0 N–H and O–H groups in total. The predicted molar refractivity (Wildman–Crippen MR) is 61.7 cm³/mol. The van der Waals surface area contributed by atoms with Gasteiger partial charge < -0.3 is 0 Å². The summed E-state index contributed by atoms with van der Waals surface area (Å²) in [7, 11) is 0. The third kappa shape index (κ3) is 3.26. The molecule has 0 saturated heterocycles. The molecule has 0 unspecified atom stereocenters. The minimum atomic E-state index is -1.92. The summed E-state index contributed by atoms with van der Waals surface area (Å²) < 4.78 is 0. The number of Topliss-reactive ketones (excluding diaryl/α,β-unsaturated/α-hetero) is 5. The van der Waals surface area contributed by atoms with Crippen LogP contribution in [-0.4, -0.2) is 34.2 Å². The first-order valence-corrected chi connectivity index (χ1v) is 5.20. The van der Waals surface area contributed by atoms with Crippen LogP contribution in [0.3, 0.4) is 0 Å². The molecule has 1 aromatic rings. The standard InChI is InChI=1S/C12H5ClO6/c13-12(19)11(18)10(17)9(16)8(15)7(14)6-4-2-1-3-5-6/h1-5H. The summed E-state index contributed by atoms with van der Waals surface area (Å²) in [5, 5.41) is -1.70. The first kappa shape index (κ1) is 14.6. The Morgan fingerprint density at radius 1 is 0.684 bits per heavy atom. The Balaban J connectivity index is 2.93. The average molecular weight is 281 g/mol. The zero-order valence-corrected chi connectivity index (χ0v) is 9.97. The Morgan fingerprint density at radius 3 is 1.63 bits per heavy atom. The van der Waals surface area contributed by atoms with Gasteiger partial charge in [-0.2, -0.15) is 0 Å². The average Bonchev–Trinajstić information content (AvgIpc) is 2.44. The van der Waals surface area contributed by atoms with Gasteiger partial charge in [-0.05, 0) is 11.6 Å². The molecule has 0 saturated carbocycles. The number of ketones is 5. The zero-order valence-electron chi connectivity index (χ0n) is 9.21. The van der Waals surface area contributed by atoms with Crippen LogP contribution in [0.4, 0.5) is 0 Å². The van der Waals surface area contributed by atoms with Crippen molar-refractivity contribution in [2.45, 2.75) is 0 Å². The van der Waals surface area contributed by atoms with E-state index in [0.717, 1.165) is 0 Å². The molecule has 0 radical (unpaired) electrons. The number of hydrogen-bond donors (Lipinski definition) is 0. The van der Waals surface area contributed by atoms with Crippen LogP contribution in [0, 0.1) is 0 Å².